The van der Waals surface area contributed by atoms with Crippen LogP contribution in [0.1, 0.15) is 0 Å². The Kier molecular flexibility index (Phi) is 6.98. The fraction of sp³-hybridized carbons (Fsp3) is 0. The van der Waals surface area contributed by atoms with Crippen LogP contribution in [0.25, 0.3) is 77.2 Å². The van der Waals surface area contributed by atoms with Gasteiger partial charge in [0.25, 0.3) is 0 Å². The van der Waals surface area contributed by atoms with Gasteiger partial charge in [-0.25, -0.2) is 0 Å². The molecule has 2 nitrogen and oxygen atoms in total. The van der Waals surface area contributed by atoms with Crippen molar-refractivity contribution in [1.29, 1.82) is 0 Å². The number of benzene rings is 9. The Bertz CT molecular complexity index is 3240. The van der Waals surface area contributed by atoms with Gasteiger partial charge in [-0.2, -0.15) is 0 Å². The van der Waals surface area contributed by atoms with E-state index in [1.807, 2.05) is 0 Å². The zero-order chi connectivity index (χ0) is 37.5. The Morgan fingerprint density at radius 2 is 0.684 bits per heavy atom. The average molecular weight is 741 g/mol. The van der Waals surface area contributed by atoms with Crippen molar-refractivity contribution in [2.24, 2.45) is 0 Å². The molecule has 12 rings (SSSR count). The second-order valence-corrected chi connectivity index (χ2v) is 19.0. The Hall–Kier alpha value is -7.20. The van der Waals surface area contributed by atoms with Gasteiger partial charge in [-0.1, -0.05) is 170 Å². The lowest BCUT2D eigenvalue weighted by atomic mass is 10.1. The smallest absolute Gasteiger partial charge is 0.180 e. The summed E-state index contributed by atoms with van der Waals surface area (Å²) in [6.45, 7) is 0. The summed E-state index contributed by atoms with van der Waals surface area (Å²) in [5.41, 5.74) is 12.4. The van der Waals surface area contributed by atoms with Crippen LogP contribution in [0, 0.1) is 0 Å². The molecule has 2 aromatic heterocycles. The van der Waals surface area contributed by atoms with Crippen LogP contribution < -0.4 is 20.7 Å². The van der Waals surface area contributed by atoms with E-state index >= 15 is 0 Å². The molecular weight excluding hydrogens is 705 g/mol. The molecule has 0 spiro atoms. The monoisotopic (exact) mass is 740 g/mol. The van der Waals surface area contributed by atoms with Crippen LogP contribution in [0.15, 0.2) is 218 Å². The summed E-state index contributed by atoms with van der Waals surface area (Å²) in [5.74, 6) is 0. The molecule has 0 atom stereocenters. The number of para-hydroxylation sites is 3. The van der Waals surface area contributed by atoms with Gasteiger partial charge >= 0.3 is 0 Å². The zero-order valence-corrected chi connectivity index (χ0v) is 32.2. The second kappa shape index (κ2) is 12.4. The van der Waals surface area contributed by atoms with Crippen LogP contribution in [0.2, 0.25) is 0 Å². The van der Waals surface area contributed by atoms with Gasteiger partial charge in [-0.3, -0.25) is 0 Å². The molecule has 3 heterocycles. The molecule has 1 aliphatic rings. The number of hydrogen-bond donors (Lipinski definition) is 0. The first-order valence-electron chi connectivity index (χ1n) is 19.8. The zero-order valence-electron chi connectivity index (χ0n) is 31.2. The van der Waals surface area contributed by atoms with Crippen molar-refractivity contribution in [3.8, 4) is 33.6 Å². The largest absolute Gasteiger partial charge is 0.309 e. The predicted molar refractivity (Wildman–Crippen MR) is 243 cm³/mol. The number of rotatable bonds is 5. The molecule has 0 saturated heterocycles. The minimum absolute atomic E-state index is 1.16. The van der Waals surface area contributed by atoms with Gasteiger partial charge in [-0.05, 0) is 91.5 Å². The molecule has 0 bridgehead atoms. The Balaban J connectivity index is 1.04. The van der Waals surface area contributed by atoms with Crippen LogP contribution in [-0.4, -0.2) is 17.2 Å². The molecule has 0 saturated carbocycles. The third-order valence-corrected chi connectivity index (χ3v) is 17.3. The van der Waals surface area contributed by atoms with Gasteiger partial charge in [-0.15, -0.1) is 0 Å². The molecule has 57 heavy (non-hydrogen) atoms. The van der Waals surface area contributed by atoms with Gasteiger partial charge in [0.05, 0.1) is 22.1 Å². The molecule has 3 heteroatoms. The summed E-state index contributed by atoms with van der Waals surface area (Å²) >= 11 is 0. The van der Waals surface area contributed by atoms with E-state index in [-0.39, 0.29) is 0 Å². The van der Waals surface area contributed by atoms with E-state index in [2.05, 4.69) is 228 Å². The third-order valence-electron chi connectivity index (χ3n) is 12.4. The van der Waals surface area contributed by atoms with Gasteiger partial charge in [0.15, 0.2) is 8.07 Å². The van der Waals surface area contributed by atoms with Gasteiger partial charge in [0, 0.05) is 32.9 Å². The van der Waals surface area contributed by atoms with Crippen molar-refractivity contribution in [1.82, 2.24) is 9.13 Å². The van der Waals surface area contributed by atoms with Crippen LogP contribution >= 0.6 is 0 Å². The predicted octanol–water partition coefficient (Wildman–Crippen LogP) is 10.9. The van der Waals surface area contributed by atoms with Gasteiger partial charge in [0.1, 0.15) is 0 Å². The Labute approximate surface area is 332 Å². The van der Waals surface area contributed by atoms with Crippen molar-refractivity contribution < 1.29 is 0 Å². The van der Waals surface area contributed by atoms with E-state index in [4.69, 9.17) is 0 Å². The highest BCUT2D eigenvalue weighted by atomic mass is 28.3. The molecular formula is C54H36N2Si. The van der Waals surface area contributed by atoms with E-state index in [1.165, 1.54) is 92.3 Å². The maximum absolute atomic E-state index is 2.66. The molecule has 9 aromatic carbocycles. The average Bonchev–Trinajstić information content (AvgIpc) is 3.91. The molecule has 0 radical (unpaired) electrons. The number of fused-ring (bicyclic) bond motifs is 9. The molecule has 0 N–H and O–H groups in total. The standard InChI is InChI=1S/C54H36N2Si/c1-2-14-37(15-3-1)38-26-31-41(32-27-38)57(53-24-12-7-19-46(53)47-20-8-13-25-54(47)57)42-33-28-39(29-34-42)55-51-23-11-6-18-45(51)48-36-40(30-35-52(48)55)56-49-21-9-4-16-43(49)44-17-5-10-22-50(44)56/h1-36H. The molecule has 0 amide bonds. The summed E-state index contributed by atoms with van der Waals surface area (Å²) in [6, 6.07) is 81.3. The highest BCUT2D eigenvalue weighted by Gasteiger charge is 2.48. The van der Waals surface area contributed by atoms with E-state index in [0.717, 1.165) is 5.69 Å². The SMILES string of the molecule is c1ccc(-c2ccc([Si]3(c4ccc(-n5c6ccccc6c6cc(-n7c8ccccc8c8ccccc87)ccc65)cc4)c4ccccc4-c4ccccc43)cc2)cc1. The summed E-state index contributed by atoms with van der Waals surface area (Å²) in [7, 11) is -2.66. The van der Waals surface area contributed by atoms with Crippen molar-refractivity contribution in [2.75, 3.05) is 0 Å². The van der Waals surface area contributed by atoms with Gasteiger partial charge in [0.2, 0.25) is 0 Å². The van der Waals surface area contributed by atoms with Crippen LogP contribution in [-0.2, 0) is 0 Å². The minimum Gasteiger partial charge on any atom is -0.309 e. The topological polar surface area (TPSA) is 9.86 Å². The maximum Gasteiger partial charge on any atom is 0.180 e. The highest BCUT2D eigenvalue weighted by molar-refractivity contribution is 7.22. The molecule has 0 fully saturated rings. The van der Waals surface area contributed by atoms with Crippen molar-refractivity contribution in [3.63, 3.8) is 0 Å². The fourth-order valence-electron chi connectivity index (χ4n) is 10.0. The van der Waals surface area contributed by atoms with Crippen molar-refractivity contribution >= 4 is 72.4 Å². The minimum atomic E-state index is -2.66. The van der Waals surface area contributed by atoms with Crippen LogP contribution in [0.4, 0.5) is 0 Å². The first-order chi connectivity index (χ1) is 28.3. The first-order valence-corrected chi connectivity index (χ1v) is 21.8. The maximum atomic E-state index is 2.45. The third kappa shape index (κ3) is 4.58. The molecule has 0 aliphatic carbocycles. The molecule has 11 aromatic rings. The number of hydrogen-bond acceptors (Lipinski definition) is 0. The lowest BCUT2D eigenvalue weighted by Gasteiger charge is -2.31. The quantitative estimate of drug-likeness (QED) is 0.156. The summed E-state index contributed by atoms with van der Waals surface area (Å²) in [5, 5.41) is 10.8. The number of nitrogens with zero attached hydrogens (tertiary/aromatic N) is 2. The van der Waals surface area contributed by atoms with Crippen molar-refractivity contribution in [2.45, 2.75) is 0 Å². The first kappa shape index (κ1) is 32.1. The number of aromatic nitrogens is 2. The molecule has 1 aliphatic heterocycles. The summed E-state index contributed by atoms with van der Waals surface area (Å²) in [6.07, 6.45) is 0. The normalized spacial score (nSPS) is 13.1. The highest BCUT2D eigenvalue weighted by Crippen LogP contribution is 2.37. The molecule has 0 unspecified atom stereocenters. The fourth-order valence-corrected chi connectivity index (χ4v) is 15.1. The van der Waals surface area contributed by atoms with Crippen LogP contribution in [0.5, 0.6) is 0 Å². The van der Waals surface area contributed by atoms with Crippen molar-refractivity contribution in [3.05, 3.63) is 218 Å². The lowest BCUT2D eigenvalue weighted by molar-refractivity contribution is 1.17. The van der Waals surface area contributed by atoms with Gasteiger partial charge < -0.3 is 9.13 Å². The Morgan fingerprint density at radius 3 is 1.26 bits per heavy atom. The van der Waals surface area contributed by atoms with E-state index in [9.17, 15) is 0 Å². The van der Waals surface area contributed by atoms with E-state index < -0.39 is 8.07 Å². The Morgan fingerprint density at radius 1 is 0.281 bits per heavy atom. The summed E-state index contributed by atoms with van der Waals surface area (Å²) in [4.78, 5) is 0. The van der Waals surface area contributed by atoms with E-state index in [0.29, 0.717) is 0 Å². The van der Waals surface area contributed by atoms with Crippen LogP contribution in [0.3, 0.4) is 0 Å². The second-order valence-electron chi connectivity index (χ2n) is 15.3. The van der Waals surface area contributed by atoms with E-state index in [1.54, 1.807) is 0 Å². The lowest BCUT2D eigenvalue weighted by Crippen LogP contribution is -2.72. The molecule has 266 valence electrons. The summed E-state index contributed by atoms with van der Waals surface area (Å²) < 4.78 is 4.86.